The Morgan fingerprint density at radius 1 is 1.35 bits per heavy atom. The Morgan fingerprint density at radius 3 is 3.09 bits per heavy atom. The molecule has 0 saturated carbocycles. The molecule has 3 rings (SSSR count). The fourth-order valence-corrected chi connectivity index (χ4v) is 3.09. The van der Waals surface area contributed by atoms with Gasteiger partial charge in [0, 0.05) is 18.7 Å². The van der Waals surface area contributed by atoms with E-state index in [9.17, 15) is 4.79 Å². The molecule has 1 saturated heterocycles. The number of ether oxygens (including phenoxy) is 3. The van der Waals surface area contributed by atoms with Crippen LogP contribution in [-0.4, -0.2) is 43.5 Å². The molecule has 1 aromatic carbocycles. The Morgan fingerprint density at radius 2 is 2.22 bits per heavy atom. The smallest absolute Gasteiger partial charge is 0.317 e. The lowest BCUT2D eigenvalue weighted by Gasteiger charge is -2.35. The number of piperidine rings is 1. The van der Waals surface area contributed by atoms with E-state index in [-0.39, 0.29) is 12.8 Å². The number of carbonyl (C=O) groups excluding carboxylic acids is 1. The second-order valence-corrected chi connectivity index (χ2v) is 5.85. The van der Waals surface area contributed by atoms with E-state index in [0.717, 1.165) is 31.6 Å². The monoisotopic (exact) mass is 320 g/mol. The van der Waals surface area contributed by atoms with Crippen LogP contribution in [0.4, 0.5) is 4.79 Å². The predicted molar refractivity (Wildman–Crippen MR) is 86.1 cm³/mol. The molecule has 23 heavy (non-hydrogen) atoms. The number of benzene rings is 1. The molecule has 0 aromatic heterocycles. The molecule has 126 valence electrons. The van der Waals surface area contributed by atoms with Gasteiger partial charge in [0.2, 0.25) is 6.79 Å². The van der Waals surface area contributed by atoms with Crippen molar-refractivity contribution in [1.29, 1.82) is 0 Å². The minimum atomic E-state index is 0.0193. The van der Waals surface area contributed by atoms with Crippen molar-refractivity contribution < 1.29 is 19.0 Å². The van der Waals surface area contributed by atoms with Crippen LogP contribution in [0.1, 0.15) is 32.6 Å². The van der Waals surface area contributed by atoms with Crippen LogP contribution >= 0.6 is 0 Å². The van der Waals surface area contributed by atoms with Gasteiger partial charge >= 0.3 is 6.03 Å². The van der Waals surface area contributed by atoms with Gasteiger partial charge in [-0.3, -0.25) is 0 Å². The van der Waals surface area contributed by atoms with E-state index in [1.165, 1.54) is 6.42 Å². The molecular formula is C17H24N2O4. The molecule has 6 heteroatoms. The quantitative estimate of drug-likeness (QED) is 0.848. The van der Waals surface area contributed by atoms with E-state index in [2.05, 4.69) is 12.2 Å². The van der Waals surface area contributed by atoms with Crippen molar-refractivity contribution in [1.82, 2.24) is 10.2 Å². The van der Waals surface area contributed by atoms with Crippen LogP contribution in [0.2, 0.25) is 0 Å². The van der Waals surface area contributed by atoms with Crippen molar-refractivity contribution in [2.24, 2.45) is 0 Å². The number of nitrogens with zero attached hydrogens (tertiary/aromatic N) is 1. The van der Waals surface area contributed by atoms with Crippen molar-refractivity contribution >= 4 is 6.03 Å². The van der Waals surface area contributed by atoms with Gasteiger partial charge in [0.15, 0.2) is 11.5 Å². The van der Waals surface area contributed by atoms with Crippen LogP contribution in [0.15, 0.2) is 18.2 Å². The maximum absolute atomic E-state index is 12.3. The summed E-state index contributed by atoms with van der Waals surface area (Å²) in [4.78, 5) is 14.2. The zero-order chi connectivity index (χ0) is 16.1. The first-order chi connectivity index (χ1) is 11.3. The number of carbonyl (C=O) groups is 1. The van der Waals surface area contributed by atoms with E-state index in [1.807, 2.05) is 23.1 Å². The highest BCUT2D eigenvalue weighted by Gasteiger charge is 2.24. The molecule has 1 fully saturated rings. The van der Waals surface area contributed by atoms with Crippen LogP contribution in [0.5, 0.6) is 17.2 Å². The van der Waals surface area contributed by atoms with Gasteiger partial charge in [-0.15, -0.1) is 0 Å². The lowest BCUT2D eigenvalue weighted by molar-refractivity contribution is 0.147. The molecule has 2 aliphatic heterocycles. The summed E-state index contributed by atoms with van der Waals surface area (Å²) in [5, 5.41) is 2.95. The van der Waals surface area contributed by atoms with Gasteiger partial charge < -0.3 is 24.4 Å². The van der Waals surface area contributed by atoms with Crippen molar-refractivity contribution in [3.8, 4) is 17.2 Å². The number of urea groups is 1. The minimum Gasteiger partial charge on any atom is -0.492 e. The summed E-state index contributed by atoms with van der Waals surface area (Å²) in [7, 11) is 0. The molecule has 1 N–H and O–H groups in total. The third-order valence-corrected chi connectivity index (χ3v) is 4.35. The molecule has 0 aliphatic carbocycles. The maximum atomic E-state index is 12.3. The van der Waals surface area contributed by atoms with E-state index < -0.39 is 0 Å². The lowest BCUT2D eigenvalue weighted by Crippen LogP contribution is -2.49. The Balaban J connectivity index is 1.41. The van der Waals surface area contributed by atoms with Crippen LogP contribution in [0, 0.1) is 0 Å². The molecule has 0 unspecified atom stereocenters. The van der Waals surface area contributed by atoms with Crippen molar-refractivity contribution in [3.05, 3.63) is 18.2 Å². The predicted octanol–water partition coefficient (Wildman–Crippen LogP) is 2.77. The number of nitrogens with one attached hydrogen (secondary N) is 1. The van der Waals surface area contributed by atoms with E-state index in [1.54, 1.807) is 0 Å². The molecule has 0 spiro atoms. The molecule has 2 amide bonds. The molecule has 0 radical (unpaired) electrons. The normalized spacial score (nSPS) is 19.5. The SMILES string of the molecule is CC[C@@H]1CCCCN1C(=O)NCCOc1ccc2c(c1)OCO2. The average molecular weight is 320 g/mol. The number of amides is 2. The van der Waals surface area contributed by atoms with Crippen molar-refractivity contribution in [2.75, 3.05) is 26.5 Å². The summed E-state index contributed by atoms with van der Waals surface area (Å²) < 4.78 is 16.2. The second kappa shape index (κ2) is 7.44. The van der Waals surface area contributed by atoms with Gasteiger partial charge in [-0.2, -0.15) is 0 Å². The fourth-order valence-electron chi connectivity index (χ4n) is 3.09. The Kier molecular flexibility index (Phi) is 5.10. The first-order valence-corrected chi connectivity index (χ1v) is 8.35. The number of hydrogen-bond acceptors (Lipinski definition) is 4. The van der Waals surface area contributed by atoms with E-state index in [0.29, 0.717) is 30.7 Å². The fraction of sp³-hybridized carbons (Fsp3) is 0.588. The van der Waals surface area contributed by atoms with E-state index in [4.69, 9.17) is 14.2 Å². The topological polar surface area (TPSA) is 60.0 Å². The number of fused-ring (bicyclic) bond motifs is 1. The first-order valence-electron chi connectivity index (χ1n) is 8.35. The minimum absolute atomic E-state index is 0.0193. The highest BCUT2D eigenvalue weighted by molar-refractivity contribution is 5.74. The summed E-state index contributed by atoms with van der Waals surface area (Å²) in [5.41, 5.74) is 0. The molecule has 1 aromatic rings. The number of hydrogen-bond donors (Lipinski definition) is 1. The Bertz CT molecular complexity index is 549. The van der Waals surface area contributed by atoms with Crippen LogP contribution in [0.3, 0.4) is 0 Å². The zero-order valence-corrected chi connectivity index (χ0v) is 13.5. The molecular weight excluding hydrogens is 296 g/mol. The highest BCUT2D eigenvalue weighted by atomic mass is 16.7. The van der Waals surface area contributed by atoms with E-state index >= 15 is 0 Å². The molecule has 2 aliphatic rings. The third kappa shape index (κ3) is 3.81. The molecule has 2 heterocycles. The summed E-state index contributed by atoms with van der Waals surface area (Å²) >= 11 is 0. The van der Waals surface area contributed by atoms with Gasteiger partial charge in [-0.05, 0) is 37.8 Å². The zero-order valence-electron chi connectivity index (χ0n) is 13.5. The Hall–Kier alpha value is -2.11. The summed E-state index contributed by atoms with van der Waals surface area (Å²) in [6.45, 7) is 4.16. The second-order valence-electron chi connectivity index (χ2n) is 5.85. The maximum Gasteiger partial charge on any atom is 0.317 e. The van der Waals surface area contributed by atoms with Crippen LogP contribution in [-0.2, 0) is 0 Å². The van der Waals surface area contributed by atoms with Crippen LogP contribution < -0.4 is 19.5 Å². The molecule has 0 bridgehead atoms. The summed E-state index contributed by atoms with van der Waals surface area (Å²) in [6.07, 6.45) is 4.44. The largest absolute Gasteiger partial charge is 0.492 e. The van der Waals surface area contributed by atoms with Gasteiger partial charge in [0.1, 0.15) is 12.4 Å². The number of rotatable bonds is 5. The van der Waals surface area contributed by atoms with Gasteiger partial charge in [-0.25, -0.2) is 4.79 Å². The standard InChI is InChI=1S/C17H24N2O4/c1-2-13-5-3-4-9-19(13)17(20)18-8-10-21-14-6-7-15-16(11-14)23-12-22-15/h6-7,11,13H,2-5,8-10,12H2,1H3,(H,18,20)/t13-/m1/s1. The van der Waals surface area contributed by atoms with Crippen molar-refractivity contribution in [2.45, 2.75) is 38.6 Å². The highest BCUT2D eigenvalue weighted by Crippen LogP contribution is 2.34. The summed E-state index contributed by atoms with van der Waals surface area (Å²) in [5.74, 6) is 2.15. The van der Waals surface area contributed by atoms with Crippen LogP contribution in [0.25, 0.3) is 0 Å². The average Bonchev–Trinajstić information content (AvgIpc) is 3.06. The lowest BCUT2D eigenvalue weighted by atomic mass is 10.0. The molecule has 6 nitrogen and oxygen atoms in total. The van der Waals surface area contributed by atoms with Gasteiger partial charge in [0.05, 0.1) is 6.54 Å². The third-order valence-electron chi connectivity index (χ3n) is 4.35. The van der Waals surface area contributed by atoms with Gasteiger partial charge in [0.25, 0.3) is 0 Å². The van der Waals surface area contributed by atoms with Crippen molar-refractivity contribution in [3.63, 3.8) is 0 Å². The first kappa shape index (κ1) is 15.8. The molecule has 1 atom stereocenters. The Labute approximate surface area is 136 Å². The van der Waals surface area contributed by atoms with Gasteiger partial charge in [-0.1, -0.05) is 6.92 Å². The summed E-state index contributed by atoms with van der Waals surface area (Å²) in [6, 6.07) is 5.87. The number of likely N-dealkylation sites (tertiary alicyclic amines) is 1.